The monoisotopic (exact) mass is 453 g/mol. The number of ether oxygens (including phenoxy) is 1. The molecule has 0 atom stereocenters. The number of likely N-dealkylation sites (tertiary alicyclic amines) is 1. The number of benzene rings is 2. The highest BCUT2D eigenvalue weighted by Crippen LogP contribution is 2.39. The molecule has 1 aliphatic heterocycles. The lowest BCUT2D eigenvalue weighted by molar-refractivity contribution is 0.167. The van der Waals surface area contributed by atoms with Gasteiger partial charge in [0, 0.05) is 23.8 Å². The van der Waals surface area contributed by atoms with Crippen molar-refractivity contribution in [3.05, 3.63) is 67.1 Å². The van der Waals surface area contributed by atoms with Crippen LogP contribution < -0.4 is 10.5 Å². The van der Waals surface area contributed by atoms with E-state index in [1.165, 1.54) is 51.6 Å². The van der Waals surface area contributed by atoms with E-state index < -0.39 is 0 Å². The number of nitrogens with zero attached hydrogens (tertiary/aromatic N) is 4. The van der Waals surface area contributed by atoms with Crippen LogP contribution in [0.4, 0.5) is 5.82 Å². The fourth-order valence-corrected chi connectivity index (χ4v) is 5.74. The number of para-hydroxylation sites is 1. The van der Waals surface area contributed by atoms with Gasteiger partial charge < -0.3 is 19.9 Å². The lowest BCUT2D eigenvalue weighted by atomic mass is 9.90. The Labute approximate surface area is 200 Å². The molecule has 174 valence electrons. The number of anilines is 1. The standard InChI is InChI=1S/C28H31N5O/c29-27-26-25(20-8-14-24(15-9-20)34-23-6-2-1-3-7-23)18-33(28(26)31-19-30-27)22-12-10-21(11-13-22)32-16-4-5-17-32/h1-3,6-9,14-15,18-19,21-22H,4-5,10-13,16-17H2,(H2,29,30,31)/t21-,22+. The molecule has 2 N–H and O–H groups in total. The molecule has 4 aromatic rings. The Kier molecular flexibility index (Phi) is 5.67. The van der Waals surface area contributed by atoms with Crippen molar-refractivity contribution >= 4 is 16.9 Å². The van der Waals surface area contributed by atoms with E-state index in [-0.39, 0.29) is 0 Å². The fourth-order valence-electron chi connectivity index (χ4n) is 5.74. The Balaban J connectivity index is 1.28. The molecule has 1 saturated carbocycles. The van der Waals surface area contributed by atoms with Crippen LogP contribution in [-0.2, 0) is 0 Å². The topological polar surface area (TPSA) is 69.2 Å². The molecule has 6 heteroatoms. The van der Waals surface area contributed by atoms with E-state index in [4.69, 9.17) is 10.5 Å². The van der Waals surface area contributed by atoms with Crippen LogP contribution >= 0.6 is 0 Å². The van der Waals surface area contributed by atoms with Crippen molar-refractivity contribution in [1.29, 1.82) is 0 Å². The largest absolute Gasteiger partial charge is 0.457 e. The van der Waals surface area contributed by atoms with Crippen LogP contribution in [0, 0.1) is 0 Å². The smallest absolute Gasteiger partial charge is 0.146 e. The van der Waals surface area contributed by atoms with Gasteiger partial charge in [-0.25, -0.2) is 9.97 Å². The first kappa shape index (κ1) is 21.2. The lowest BCUT2D eigenvalue weighted by Gasteiger charge is -2.35. The summed E-state index contributed by atoms with van der Waals surface area (Å²) in [6.45, 7) is 2.55. The van der Waals surface area contributed by atoms with Gasteiger partial charge >= 0.3 is 0 Å². The molecule has 0 bridgehead atoms. The van der Waals surface area contributed by atoms with Crippen molar-refractivity contribution < 1.29 is 4.74 Å². The van der Waals surface area contributed by atoms with Crippen molar-refractivity contribution in [3.8, 4) is 22.6 Å². The molecule has 0 amide bonds. The molecule has 2 aromatic heterocycles. The second-order valence-corrected chi connectivity index (χ2v) is 9.55. The summed E-state index contributed by atoms with van der Waals surface area (Å²) in [5.74, 6) is 2.17. The van der Waals surface area contributed by atoms with Crippen molar-refractivity contribution in [2.24, 2.45) is 0 Å². The van der Waals surface area contributed by atoms with Crippen LogP contribution in [0.15, 0.2) is 67.1 Å². The summed E-state index contributed by atoms with van der Waals surface area (Å²) in [6.07, 6.45) is 11.4. The van der Waals surface area contributed by atoms with Crippen LogP contribution in [-0.4, -0.2) is 38.6 Å². The van der Waals surface area contributed by atoms with Gasteiger partial charge in [-0.3, -0.25) is 0 Å². The third-order valence-electron chi connectivity index (χ3n) is 7.50. The molecule has 34 heavy (non-hydrogen) atoms. The second kappa shape index (κ2) is 9.11. The van der Waals surface area contributed by atoms with Gasteiger partial charge in [0.15, 0.2) is 0 Å². The molecule has 2 fully saturated rings. The quantitative estimate of drug-likeness (QED) is 0.398. The molecule has 0 unspecified atom stereocenters. The van der Waals surface area contributed by atoms with E-state index in [1.807, 2.05) is 42.5 Å². The van der Waals surface area contributed by atoms with Gasteiger partial charge in [-0.2, -0.15) is 0 Å². The summed E-state index contributed by atoms with van der Waals surface area (Å²) >= 11 is 0. The van der Waals surface area contributed by atoms with Crippen molar-refractivity contribution in [2.75, 3.05) is 18.8 Å². The summed E-state index contributed by atoms with van der Waals surface area (Å²) in [7, 11) is 0. The highest BCUT2D eigenvalue weighted by Gasteiger charge is 2.29. The first-order valence-corrected chi connectivity index (χ1v) is 12.4. The molecule has 6 nitrogen and oxygen atoms in total. The highest BCUT2D eigenvalue weighted by molar-refractivity contribution is 6.00. The van der Waals surface area contributed by atoms with E-state index in [1.54, 1.807) is 6.33 Å². The van der Waals surface area contributed by atoms with E-state index in [2.05, 4.69) is 37.8 Å². The van der Waals surface area contributed by atoms with Gasteiger partial charge in [-0.15, -0.1) is 0 Å². The predicted molar refractivity (Wildman–Crippen MR) is 136 cm³/mol. The Morgan fingerprint density at radius 1 is 0.794 bits per heavy atom. The number of rotatable bonds is 5. The van der Waals surface area contributed by atoms with Gasteiger partial charge in [0.25, 0.3) is 0 Å². The molecule has 2 aliphatic rings. The van der Waals surface area contributed by atoms with Gasteiger partial charge in [0.05, 0.1) is 5.39 Å². The molecular weight excluding hydrogens is 422 g/mol. The maximum atomic E-state index is 6.38. The number of aromatic nitrogens is 3. The van der Waals surface area contributed by atoms with Crippen LogP contribution in [0.5, 0.6) is 11.5 Å². The second-order valence-electron chi connectivity index (χ2n) is 9.55. The minimum Gasteiger partial charge on any atom is -0.457 e. The molecule has 1 aliphatic carbocycles. The van der Waals surface area contributed by atoms with E-state index in [0.29, 0.717) is 11.9 Å². The van der Waals surface area contributed by atoms with Crippen molar-refractivity contribution in [2.45, 2.75) is 50.6 Å². The number of hydrogen-bond acceptors (Lipinski definition) is 5. The zero-order valence-electron chi connectivity index (χ0n) is 19.4. The van der Waals surface area contributed by atoms with Crippen LogP contribution in [0.25, 0.3) is 22.2 Å². The molecule has 2 aromatic carbocycles. The molecular formula is C28H31N5O. The van der Waals surface area contributed by atoms with Gasteiger partial charge in [-0.1, -0.05) is 30.3 Å². The Hall–Kier alpha value is -3.38. The van der Waals surface area contributed by atoms with Crippen molar-refractivity contribution in [3.63, 3.8) is 0 Å². The fraction of sp³-hybridized carbons (Fsp3) is 0.357. The van der Waals surface area contributed by atoms with Gasteiger partial charge in [0.1, 0.15) is 29.3 Å². The summed E-state index contributed by atoms with van der Waals surface area (Å²) in [6, 6.07) is 19.2. The van der Waals surface area contributed by atoms with Crippen molar-refractivity contribution in [1.82, 2.24) is 19.4 Å². The summed E-state index contributed by atoms with van der Waals surface area (Å²) in [5.41, 5.74) is 9.50. The molecule has 1 saturated heterocycles. The SMILES string of the molecule is Nc1ncnc2c1c(-c1ccc(Oc3ccccc3)cc1)cn2[C@H]1CC[C@@H](N2CCCC2)CC1. The van der Waals surface area contributed by atoms with E-state index >= 15 is 0 Å². The first-order valence-electron chi connectivity index (χ1n) is 12.4. The molecule has 0 spiro atoms. The summed E-state index contributed by atoms with van der Waals surface area (Å²) in [5, 5.41) is 0.945. The lowest BCUT2D eigenvalue weighted by Crippen LogP contribution is -2.36. The molecule has 0 radical (unpaired) electrons. The van der Waals surface area contributed by atoms with E-state index in [9.17, 15) is 0 Å². The maximum Gasteiger partial charge on any atom is 0.146 e. The first-order chi connectivity index (χ1) is 16.8. The Morgan fingerprint density at radius 3 is 2.21 bits per heavy atom. The highest BCUT2D eigenvalue weighted by atomic mass is 16.5. The van der Waals surface area contributed by atoms with Gasteiger partial charge in [0.2, 0.25) is 0 Å². The normalized spacial score (nSPS) is 21.2. The number of fused-ring (bicyclic) bond motifs is 1. The third-order valence-corrected chi connectivity index (χ3v) is 7.50. The average Bonchev–Trinajstić information content (AvgIpc) is 3.55. The molecule has 6 rings (SSSR count). The van der Waals surface area contributed by atoms with E-state index in [0.717, 1.165) is 39.7 Å². The summed E-state index contributed by atoms with van der Waals surface area (Å²) < 4.78 is 8.33. The predicted octanol–water partition coefficient (Wildman–Crippen LogP) is 6.05. The third kappa shape index (κ3) is 4.03. The Bertz CT molecular complexity index is 1250. The van der Waals surface area contributed by atoms with Crippen LogP contribution in [0.3, 0.4) is 0 Å². The summed E-state index contributed by atoms with van der Waals surface area (Å²) in [4.78, 5) is 11.7. The van der Waals surface area contributed by atoms with Crippen LogP contribution in [0.1, 0.15) is 44.6 Å². The zero-order valence-corrected chi connectivity index (χ0v) is 19.4. The average molecular weight is 454 g/mol. The zero-order chi connectivity index (χ0) is 22.9. The minimum absolute atomic E-state index is 0.449. The maximum absolute atomic E-state index is 6.38. The minimum atomic E-state index is 0.449. The Morgan fingerprint density at radius 2 is 1.47 bits per heavy atom. The number of nitrogen functional groups attached to an aromatic ring is 1. The number of hydrogen-bond donors (Lipinski definition) is 1. The van der Waals surface area contributed by atoms with Gasteiger partial charge in [-0.05, 0) is 81.4 Å². The number of nitrogens with two attached hydrogens (primary N) is 1. The van der Waals surface area contributed by atoms with Crippen LogP contribution in [0.2, 0.25) is 0 Å². The molecule has 3 heterocycles.